The van der Waals surface area contributed by atoms with Gasteiger partial charge in [0.25, 0.3) is 0 Å². The Morgan fingerprint density at radius 3 is 2.56 bits per heavy atom. The van der Waals surface area contributed by atoms with Crippen molar-refractivity contribution in [2.45, 2.75) is 0 Å². The van der Waals surface area contributed by atoms with E-state index < -0.39 is 0 Å². The maximum absolute atomic E-state index is 4.50. The van der Waals surface area contributed by atoms with Crippen molar-refractivity contribution in [2.24, 2.45) is 7.05 Å². The molecule has 0 aromatic carbocycles. The van der Waals surface area contributed by atoms with E-state index in [4.69, 9.17) is 0 Å². The van der Waals surface area contributed by atoms with Crippen LogP contribution in [0, 0.1) is 0 Å². The van der Waals surface area contributed by atoms with Crippen LogP contribution in [0.2, 0.25) is 0 Å². The van der Waals surface area contributed by atoms with Crippen LogP contribution < -0.4 is 9.80 Å². The summed E-state index contributed by atoms with van der Waals surface area (Å²) in [6.45, 7) is 3.49. The van der Waals surface area contributed by atoms with Gasteiger partial charge < -0.3 is 9.80 Å². The first-order valence-electron chi connectivity index (χ1n) is 8.80. The van der Waals surface area contributed by atoms with Crippen molar-refractivity contribution in [3.63, 3.8) is 0 Å². The summed E-state index contributed by atoms with van der Waals surface area (Å²) < 4.78 is 1.78. The zero-order valence-electron chi connectivity index (χ0n) is 14.9. The molecule has 0 aliphatic carbocycles. The highest BCUT2D eigenvalue weighted by molar-refractivity contribution is 7.13. The summed E-state index contributed by atoms with van der Waals surface area (Å²) in [7, 11) is 1.90. The second-order valence-electron chi connectivity index (χ2n) is 6.43. The van der Waals surface area contributed by atoms with Gasteiger partial charge in [-0.2, -0.15) is 5.10 Å². The minimum Gasteiger partial charge on any atom is -0.352 e. The second kappa shape index (κ2) is 6.58. The largest absolute Gasteiger partial charge is 0.352 e. The molecule has 5 rings (SSSR count). The van der Waals surface area contributed by atoms with Gasteiger partial charge in [-0.05, 0) is 23.6 Å². The molecule has 0 saturated carbocycles. The molecule has 5 heterocycles. The van der Waals surface area contributed by atoms with E-state index in [0.29, 0.717) is 0 Å². The standard InChI is InChI=1S/C18H18N8S/c1-24-17-13(11-21-24)18(20-12-19-17)26-8-6-25(7-9-26)16-5-4-14(22-23-16)15-3-2-10-27-15/h2-5,10-12H,6-9H2,1H3. The lowest BCUT2D eigenvalue weighted by Gasteiger charge is -2.35. The summed E-state index contributed by atoms with van der Waals surface area (Å²) in [6, 6.07) is 8.20. The number of rotatable bonds is 3. The molecule has 1 aliphatic heterocycles. The Bertz CT molecular complexity index is 1050. The highest BCUT2D eigenvalue weighted by atomic mass is 32.1. The molecule has 1 fully saturated rings. The highest BCUT2D eigenvalue weighted by Crippen LogP contribution is 2.26. The van der Waals surface area contributed by atoms with Crippen molar-refractivity contribution >= 4 is 34.0 Å². The second-order valence-corrected chi connectivity index (χ2v) is 7.38. The van der Waals surface area contributed by atoms with Crippen LogP contribution in [-0.2, 0) is 7.05 Å². The highest BCUT2D eigenvalue weighted by Gasteiger charge is 2.22. The molecule has 0 radical (unpaired) electrons. The first kappa shape index (κ1) is 16.1. The lowest BCUT2D eigenvalue weighted by Crippen LogP contribution is -2.47. The average molecular weight is 378 g/mol. The van der Waals surface area contributed by atoms with Crippen LogP contribution in [0.15, 0.2) is 42.2 Å². The van der Waals surface area contributed by atoms with Gasteiger partial charge in [0, 0.05) is 33.2 Å². The van der Waals surface area contributed by atoms with E-state index in [-0.39, 0.29) is 0 Å². The normalized spacial score (nSPS) is 14.9. The number of hydrogen-bond donors (Lipinski definition) is 0. The number of anilines is 2. The molecule has 4 aromatic rings. The van der Waals surface area contributed by atoms with E-state index in [1.54, 1.807) is 22.3 Å². The fourth-order valence-corrected chi connectivity index (χ4v) is 4.09. The molecule has 0 bridgehead atoms. The zero-order valence-corrected chi connectivity index (χ0v) is 15.7. The van der Waals surface area contributed by atoms with Gasteiger partial charge in [-0.15, -0.1) is 21.5 Å². The molecule has 4 aromatic heterocycles. The molecule has 0 spiro atoms. The van der Waals surface area contributed by atoms with Crippen molar-refractivity contribution in [3.8, 4) is 10.6 Å². The Labute approximate surface area is 160 Å². The number of nitrogens with zero attached hydrogens (tertiary/aromatic N) is 8. The maximum atomic E-state index is 4.50. The first-order chi connectivity index (χ1) is 13.3. The van der Waals surface area contributed by atoms with Gasteiger partial charge in [0.2, 0.25) is 0 Å². The Morgan fingerprint density at radius 1 is 0.963 bits per heavy atom. The number of piperazine rings is 1. The summed E-state index contributed by atoms with van der Waals surface area (Å²) in [5.74, 6) is 1.87. The van der Waals surface area contributed by atoms with Crippen LogP contribution in [-0.4, -0.2) is 56.1 Å². The molecule has 1 saturated heterocycles. The van der Waals surface area contributed by atoms with E-state index in [1.165, 1.54) is 0 Å². The smallest absolute Gasteiger partial charge is 0.163 e. The molecule has 1 aliphatic rings. The summed E-state index contributed by atoms with van der Waals surface area (Å²) >= 11 is 1.68. The van der Waals surface area contributed by atoms with Crippen LogP contribution in [0.4, 0.5) is 11.6 Å². The van der Waals surface area contributed by atoms with Crippen molar-refractivity contribution in [2.75, 3.05) is 36.0 Å². The van der Waals surface area contributed by atoms with Gasteiger partial charge in [-0.25, -0.2) is 9.97 Å². The molecule has 0 unspecified atom stereocenters. The lowest BCUT2D eigenvalue weighted by molar-refractivity contribution is 0.639. The Kier molecular flexibility index (Phi) is 3.93. The monoisotopic (exact) mass is 378 g/mol. The number of aromatic nitrogens is 6. The van der Waals surface area contributed by atoms with Crippen LogP contribution in [0.5, 0.6) is 0 Å². The molecule has 136 valence electrons. The van der Waals surface area contributed by atoms with Crippen LogP contribution in [0.1, 0.15) is 0 Å². The van der Waals surface area contributed by atoms with E-state index in [9.17, 15) is 0 Å². The Morgan fingerprint density at radius 2 is 1.81 bits per heavy atom. The molecule has 8 nitrogen and oxygen atoms in total. The fraction of sp³-hybridized carbons (Fsp3) is 0.278. The SMILES string of the molecule is Cn1ncc2c(N3CCN(c4ccc(-c5cccs5)nn4)CC3)ncnc21. The fourth-order valence-electron chi connectivity index (χ4n) is 3.40. The van der Waals surface area contributed by atoms with Crippen molar-refractivity contribution in [1.82, 2.24) is 29.9 Å². The Hall–Kier alpha value is -3.07. The lowest BCUT2D eigenvalue weighted by atomic mass is 10.2. The summed E-state index contributed by atoms with van der Waals surface area (Å²) in [6.07, 6.45) is 3.45. The van der Waals surface area contributed by atoms with Crippen molar-refractivity contribution in [3.05, 3.63) is 42.2 Å². The van der Waals surface area contributed by atoms with Gasteiger partial charge >= 0.3 is 0 Å². The molecule has 0 amide bonds. The van der Waals surface area contributed by atoms with Gasteiger partial charge in [0.05, 0.1) is 16.5 Å². The van der Waals surface area contributed by atoms with E-state index >= 15 is 0 Å². The first-order valence-corrected chi connectivity index (χ1v) is 9.68. The molecular formula is C18H18N8S. The third-order valence-corrected chi connectivity index (χ3v) is 5.73. The van der Waals surface area contributed by atoms with E-state index in [1.807, 2.05) is 25.4 Å². The summed E-state index contributed by atoms with van der Waals surface area (Å²) in [5, 5.41) is 16.2. The maximum Gasteiger partial charge on any atom is 0.163 e. The van der Waals surface area contributed by atoms with Crippen molar-refractivity contribution < 1.29 is 0 Å². The topological polar surface area (TPSA) is 75.9 Å². The van der Waals surface area contributed by atoms with Gasteiger partial charge in [0.15, 0.2) is 11.5 Å². The number of fused-ring (bicyclic) bond motifs is 1. The quantitative estimate of drug-likeness (QED) is 0.541. The van der Waals surface area contributed by atoms with E-state index in [2.05, 4.69) is 52.6 Å². The van der Waals surface area contributed by atoms with Crippen molar-refractivity contribution in [1.29, 1.82) is 0 Å². The third kappa shape index (κ3) is 2.89. The predicted molar refractivity (Wildman–Crippen MR) is 106 cm³/mol. The number of thiophene rings is 1. The van der Waals surface area contributed by atoms with Crippen LogP contribution >= 0.6 is 11.3 Å². The summed E-state index contributed by atoms with van der Waals surface area (Å²) in [5.41, 5.74) is 1.78. The van der Waals surface area contributed by atoms with Crippen LogP contribution in [0.3, 0.4) is 0 Å². The zero-order chi connectivity index (χ0) is 18.2. The van der Waals surface area contributed by atoms with E-state index in [0.717, 1.165) is 59.4 Å². The minimum absolute atomic E-state index is 0.859. The van der Waals surface area contributed by atoms with Gasteiger partial charge in [-0.1, -0.05) is 6.07 Å². The summed E-state index contributed by atoms with van der Waals surface area (Å²) in [4.78, 5) is 14.5. The molecule has 0 N–H and O–H groups in total. The van der Waals surface area contributed by atoms with Gasteiger partial charge in [0.1, 0.15) is 17.8 Å². The predicted octanol–water partition coefficient (Wildman–Crippen LogP) is 2.21. The number of hydrogen-bond acceptors (Lipinski definition) is 8. The minimum atomic E-state index is 0.859. The average Bonchev–Trinajstić information content (AvgIpc) is 3.39. The van der Waals surface area contributed by atoms with Gasteiger partial charge in [-0.3, -0.25) is 4.68 Å². The molecule has 9 heteroatoms. The molecule has 27 heavy (non-hydrogen) atoms. The number of aryl methyl sites for hydroxylation is 1. The Balaban J connectivity index is 1.31. The molecular weight excluding hydrogens is 360 g/mol. The van der Waals surface area contributed by atoms with Crippen LogP contribution in [0.25, 0.3) is 21.6 Å². The third-order valence-electron chi connectivity index (χ3n) is 4.84. The molecule has 0 atom stereocenters.